The number of rotatable bonds is 1. The molecule has 0 aliphatic heterocycles. The van der Waals surface area contributed by atoms with Crippen molar-refractivity contribution in [1.82, 2.24) is 4.98 Å². The molecule has 2 heterocycles. The summed E-state index contributed by atoms with van der Waals surface area (Å²) in [5.41, 5.74) is 5.45. The lowest BCUT2D eigenvalue weighted by molar-refractivity contribution is 0.319. The van der Waals surface area contributed by atoms with Crippen LogP contribution in [-0.4, -0.2) is 16.0 Å². The van der Waals surface area contributed by atoms with E-state index >= 15 is 0 Å². The van der Waals surface area contributed by atoms with Gasteiger partial charge in [0.15, 0.2) is 5.84 Å². The molecule has 2 rings (SSSR count). The molecule has 0 bridgehead atoms. The Labute approximate surface area is 78.3 Å². The van der Waals surface area contributed by atoms with Crippen molar-refractivity contribution in [2.24, 2.45) is 10.9 Å². The van der Waals surface area contributed by atoms with Gasteiger partial charge < -0.3 is 10.9 Å². The summed E-state index contributed by atoms with van der Waals surface area (Å²) in [6.07, 6.45) is 3.47. The Hall–Kier alpha value is -1.62. The predicted octanol–water partition coefficient (Wildman–Crippen LogP) is 1.39. The fourth-order valence-electron chi connectivity index (χ4n) is 1.06. The number of hydrogen-bond acceptors (Lipinski definition) is 4. The quantitative estimate of drug-likeness (QED) is 0.311. The monoisotopic (exact) mass is 193 g/mol. The van der Waals surface area contributed by atoms with Crippen LogP contribution in [0.2, 0.25) is 0 Å². The van der Waals surface area contributed by atoms with Gasteiger partial charge in [-0.15, -0.1) is 11.3 Å². The first-order chi connectivity index (χ1) is 6.31. The van der Waals surface area contributed by atoms with Crippen molar-refractivity contribution in [2.75, 3.05) is 0 Å². The number of amidine groups is 1. The maximum Gasteiger partial charge on any atom is 0.180 e. The van der Waals surface area contributed by atoms with Gasteiger partial charge in [-0.3, -0.25) is 4.98 Å². The zero-order valence-corrected chi connectivity index (χ0v) is 7.45. The molecule has 66 valence electrons. The van der Waals surface area contributed by atoms with E-state index in [9.17, 15) is 0 Å². The van der Waals surface area contributed by atoms with Crippen LogP contribution in [0.25, 0.3) is 10.1 Å². The molecule has 0 unspecified atom stereocenters. The van der Waals surface area contributed by atoms with E-state index in [-0.39, 0.29) is 5.84 Å². The second-order valence-electron chi connectivity index (χ2n) is 2.51. The van der Waals surface area contributed by atoms with Gasteiger partial charge in [-0.05, 0) is 17.5 Å². The molecule has 0 aromatic carbocycles. The summed E-state index contributed by atoms with van der Waals surface area (Å²) in [4.78, 5) is 4.73. The lowest BCUT2D eigenvalue weighted by Crippen LogP contribution is -2.10. The Morgan fingerprint density at radius 1 is 1.62 bits per heavy atom. The number of pyridine rings is 1. The highest BCUT2D eigenvalue weighted by molar-refractivity contribution is 7.20. The minimum absolute atomic E-state index is 0.140. The van der Waals surface area contributed by atoms with Crippen LogP contribution >= 0.6 is 11.3 Å². The van der Waals surface area contributed by atoms with Crippen molar-refractivity contribution in [3.63, 3.8) is 0 Å². The molecule has 13 heavy (non-hydrogen) atoms. The largest absolute Gasteiger partial charge is 0.409 e. The fourth-order valence-corrected chi connectivity index (χ4v) is 1.99. The van der Waals surface area contributed by atoms with E-state index in [1.54, 1.807) is 12.4 Å². The zero-order valence-electron chi connectivity index (χ0n) is 6.64. The number of nitrogens with two attached hydrogens (primary N) is 1. The molecule has 3 N–H and O–H groups in total. The summed E-state index contributed by atoms with van der Waals surface area (Å²) in [6.45, 7) is 0. The predicted molar refractivity (Wildman–Crippen MR) is 52.1 cm³/mol. The van der Waals surface area contributed by atoms with Crippen LogP contribution in [0.15, 0.2) is 29.7 Å². The normalized spacial score (nSPS) is 12.2. The molecular weight excluding hydrogens is 186 g/mol. The molecule has 0 aliphatic rings. The van der Waals surface area contributed by atoms with Crippen molar-refractivity contribution in [2.45, 2.75) is 0 Å². The SMILES string of the molecule is NC(=NO)c1cc2ccncc2s1. The molecule has 0 amide bonds. The van der Waals surface area contributed by atoms with Gasteiger partial charge in [0.1, 0.15) is 0 Å². The van der Waals surface area contributed by atoms with Crippen LogP contribution in [0.1, 0.15) is 4.88 Å². The molecule has 0 radical (unpaired) electrons. The van der Waals surface area contributed by atoms with E-state index in [1.165, 1.54) is 11.3 Å². The Bertz CT molecular complexity index is 430. The van der Waals surface area contributed by atoms with Gasteiger partial charge in [0.05, 0.1) is 9.58 Å². The highest BCUT2D eigenvalue weighted by Gasteiger charge is 2.04. The van der Waals surface area contributed by atoms with Crippen molar-refractivity contribution < 1.29 is 5.21 Å². The van der Waals surface area contributed by atoms with Crippen molar-refractivity contribution in [3.8, 4) is 0 Å². The minimum atomic E-state index is 0.140. The van der Waals surface area contributed by atoms with Crippen LogP contribution in [0, 0.1) is 0 Å². The van der Waals surface area contributed by atoms with Crippen LogP contribution in [-0.2, 0) is 0 Å². The van der Waals surface area contributed by atoms with Crippen molar-refractivity contribution in [1.29, 1.82) is 0 Å². The van der Waals surface area contributed by atoms with E-state index in [2.05, 4.69) is 10.1 Å². The first-order valence-corrected chi connectivity index (χ1v) is 4.44. The molecule has 4 nitrogen and oxygen atoms in total. The minimum Gasteiger partial charge on any atom is -0.409 e. The third kappa shape index (κ3) is 1.33. The maximum atomic E-state index is 8.47. The Balaban J connectivity index is 2.62. The number of hydrogen-bond donors (Lipinski definition) is 2. The Morgan fingerprint density at radius 3 is 3.15 bits per heavy atom. The second-order valence-corrected chi connectivity index (χ2v) is 3.59. The van der Waals surface area contributed by atoms with E-state index < -0.39 is 0 Å². The van der Waals surface area contributed by atoms with Crippen LogP contribution < -0.4 is 5.73 Å². The molecular formula is C8H7N3OS. The number of aromatic nitrogens is 1. The Kier molecular flexibility index (Phi) is 1.86. The molecule has 0 saturated carbocycles. The zero-order chi connectivity index (χ0) is 9.26. The van der Waals surface area contributed by atoms with Gasteiger partial charge in [-0.25, -0.2) is 0 Å². The lowest BCUT2D eigenvalue weighted by Gasteiger charge is -1.87. The lowest BCUT2D eigenvalue weighted by atomic mass is 10.3. The molecule has 0 fully saturated rings. The van der Waals surface area contributed by atoms with Gasteiger partial charge >= 0.3 is 0 Å². The van der Waals surface area contributed by atoms with Crippen LogP contribution in [0.3, 0.4) is 0 Å². The van der Waals surface area contributed by atoms with E-state index in [0.717, 1.165) is 15.0 Å². The van der Waals surface area contributed by atoms with Gasteiger partial charge in [0.2, 0.25) is 0 Å². The summed E-state index contributed by atoms with van der Waals surface area (Å²) in [6, 6.07) is 3.76. The first-order valence-electron chi connectivity index (χ1n) is 3.62. The van der Waals surface area contributed by atoms with Crippen LogP contribution in [0.5, 0.6) is 0 Å². The molecule has 0 spiro atoms. The molecule has 0 saturated heterocycles. The highest BCUT2D eigenvalue weighted by Crippen LogP contribution is 2.23. The van der Waals surface area contributed by atoms with Gasteiger partial charge in [-0.1, -0.05) is 5.16 Å². The number of nitrogens with zero attached hydrogens (tertiary/aromatic N) is 2. The molecule has 0 atom stereocenters. The highest BCUT2D eigenvalue weighted by atomic mass is 32.1. The second kappa shape index (κ2) is 3.02. The summed E-state index contributed by atoms with van der Waals surface area (Å²) < 4.78 is 1.03. The summed E-state index contributed by atoms with van der Waals surface area (Å²) >= 11 is 1.45. The smallest absolute Gasteiger partial charge is 0.180 e. The average Bonchev–Trinajstić information content (AvgIpc) is 2.59. The van der Waals surface area contributed by atoms with E-state index in [4.69, 9.17) is 10.9 Å². The van der Waals surface area contributed by atoms with Gasteiger partial charge in [0, 0.05) is 12.4 Å². The first kappa shape index (κ1) is 8.00. The van der Waals surface area contributed by atoms with E-state index in [1.807, 2.05) is 12.1 Å². The molecule has 2 aromatic heterocycles. The third-order valence-corrected chi connectivity index (χ3v) is 2.79. The average molecular weight is 193 g/mol. The molecule has 5 heteroatoms. The standard InChI is InChI=1S/C8H7N3OS/c9-8(11-12)6-3-5-1-2-10-4-7(5)13-6/h1-4,12H,(H2,9,11). The van der Waals surface area contributed by atoms with Crippen LogP contribution in [0.4, 0.5) is 0 Å². The summed E-state index contributed by atoms with van der Waals surface area (Å²) in [7, 11) is 0. The van der Waals surface area contributed by atoms with E-state index in [0.29, 0.717) is 0 Å². The van der Waals surface area contributed by atoms with Crippen molar-refractivity contribution in [3.05, 3.63) is 29.4 Å². The summed E-state index contributed by atoms with van der Waals surface area (Å²) in [5, 5.41) is 12.5. The number of fused-ring (bicyclic) bond motifs is 1. The summed E-state index contributed by atoms with van der Waals surface area (Å²) in [5.74, 6) is 0.140. The number of thiophene rings is 1. The molecule has 0 aliphatic carbocycles. The van der Waals surface area contributed by atoms with Crippen molar-refractivity contribution >= 4 is 27.3 Å². The number of oxime groups is 1. The molecule has 2 aromatic rings. The Morgan fingerprint density at radius 2 is 2.46 bits per heavy atom. The topological polar surface area (TPSA) is 71.5 Å². The van der Waals surface area contributed by atoms with Gasteiger partial charge in [0.25, 0.3) is 0 Å². The fraction of sp³-hybridized carbons (Fsp3) is 0. The maximum absolute atomic E-state index is 8.47. The van der Waals surface area contributed by atoms with Gasteiger partial charge in [-0.2, -0.15) is 0 Å². The third-order valence-electron chi connectivity index (χ3n) is 1.68.